The van der Waals surface area contributed by atoms with Crippen molar-refractivity contribution in [3.63, 3.8) is 0 Å². The second-order valence-corrected chi connectivity index (χ2v) is 6.24. The Morgan fingerprint density at radius 1 is 1.12 bits per heavy atom. The fraction of sp³-hybridized carbons (Fsp3) is 0.0952. The summed E-state index contributed by atoms with van der Waals surface area (Å²) in [4.78, 5) is 4.81. The van der Waals surface area contributed by atoms with Crippen LogP contribution in [0.1, 0.15) is 29.3 Å². The molecule has 118 valence electrons. The molecule has 1 aromatic heterocycles. The first kappa shape index (κ1) is 15.0. The predicted molar refractivity (Wildman–Crippen MR) is 99.7 cm³/mol. The second-order valence-electron chi connectivity index (χ2n) is 5.81. The quantitative estimate of drug-likeness (QED) is 0.545. The molecule has 3 heteroatoms. The number of pyridine rings is 1. The van der Waals surface area contributed by atoms with Gasteiger partial charge in [0.2, 0.25) is 0 Å². The number of benzene rings is 2. The lowest BCUT2D eigenvalue weighted by molar-refractivity contribution is 0.169. The highest BCUT2D eigenvalue weighted by atomic mass is 35.5. The van der Waals surface area contributed by atoms with E-state index in [2.05, 4.69) is 12.6 Å². The minimum absolute atomic E-state index is 0.0784. The highest BCUT2D eigenvalue weighted by Gasteiger charge is 2.24. The molecule has 2 nitrogen and oxygen atoms in total. The van der Waals surface area contributed by atoms with Crippen molar-refractivity contribution in [3.05, 3.63) is 89.1 Å². The molecule has 0 saturated heterocycles. The molecule has 1 aliphatic heterocycles. The van der Waals surface area contributed by atoms with E-state index < -0.39 is 0 Å². The van der Waals surface area contributed by atoms with Crippen LogP contribution in [0, 0.1) is 0 Å². The minimum Gasteiger partial charge on any atom is -0.485 e. The second kappa shape index (κ2) is 6.14. The van der Waals surface area contributed by atoms with E-state index in [-0.39, 0.29) is 6.10 Å². The van der Waals surface area contributed by atoms with E-state index in [4.69, 9.17) is 21.3 Å². The Bertz CT molecular complexity index is 947. The summed E-state index contributed by atoms with van der Waals surface area (Å²) in [6, 6.07) is 18.0. The Hall–Kier alpha value is -2.58. The molecule has 1 atom stereocenters. The third-order valence-corrected chi connectivity index (χ3v) is 4.40. The maximum absolute atomic E-state index is 6.24. The van der Waals surface area contributed by atoms with E-state index in [1.165, 1.54) is 0 Å². The molecule has 0 N–H and O–H groups in total. The van der Waals surface area contributed by atoms with Crippen LogP contribution >= 0.6 is 11.6 Å². The van der Waals surface area contributed by atoms with Crippen molar-refractivity contribution in [2.45, 2.75) is 12.5 Å². The van der Waals surface area contributed by atoms with Crippen LogP contribution in [0.15, 0.2) is 67.3 Å². The summed E-state index contributed by atoms with van der Waals surface area (Å²) in [6.07, 6.45) is 4.54. The smallest absolute Gasteiger partial charge is 0.129 e. The maximum Gasteiger partial charge on any atom is 0.129 e. The highest BCUT2D eigenvalue weighted by Crippen LogP contribution is 2.38. The molecule has 0 fully saturated rings. The normalized spacial score (nSPS) is 16.2. The van der Waals surface area contributed by atoms with Gasteiger partial charge in [0.1, 0.15) is 11.9 Å². The number of fused-ring (bicyclic) bond motifs is 2. The molecule has 0 saturated carbocycles. The molecule has 2 heterocycles. The van der Waals surface area contributed by atoms with Gasteiger partial charge in [0.15, 0.2) is 0 Å². The van der Waals surface area contributed by atoms with Gasteiger partial charge in [0.05, 0.1) is 11.2 Å². The molecule has 0 bridgehead atoms. The van der Waals surface area contributed by atoms with Gasteiger partial charge in [-0.15, -0.1) is 6.58 Å². The average molecular weight is 334 g/mol. The van der Waals surface area contributed by atoms with Crippen LogP contribution in [-0.4, -0.2) is 4.98 Å². The van der Waals surface area contributed by atoms with Crippen molar-refractivity contribution >= 4 is 34.3 Å². The zero-order chi connectivity index (χ0) is 16.5. The first-order valence-corrected chi connectivity index (χ1v) is 8.27. The third-order valence-electron chi connectivity index (χ3n) is 4.16. The molecule has 2 aromatic carbocycles. The summed E-state index contributed by atoms with van der Waals surface area (Å²) in [6.45, 7) is 3.86. The van der Waals surface area contributed by atoms with Crippen molar-refractivity contribution in [3.8, 4) is 0 Å². The van der Waals surface area contributed by atoms with Crippen molar-refractivity contribution in [1.29, 1.82) is 0 Å². The van der Waals surface area contributed by atoms with E-state index in [1.807, 2.05) is 60.7 Å². The van der Waals surface area contributed by atoms with Gasteiger partial charge in [-0.05, 0) is 18.2 Å². The molecule has 0 amide bonds. The van der Waals surface area contributed by atoms with Gasteiger partial charge in [-0.1, -0.05) is 54.1 Å². The summed E-state index contributed by atoms with van der Waals surface area (Å²) >= 11 is 6.11. The predicted octanol–water partition coefficient (Wildman–Crippen LogP) is 6.03. The molecular formula is C21H16ClNO. The van der Waals surface area contributed by atoms with Gasteiger partial charge in [0.25, 0.3) is 0 Å². The van der Waals surface area contributed by atoms with Crippen LogP contribution in [0.3, 0.4) is 0 Å². The lowest BCUT2D eigenvalue weighted by atomic mass is 9.98. The molecule has 0 aliphatic carbocycles. The lowest BCUT2D eigenvalue weighted by Gasteiger charge is -2.26. The summed E-state index contributed by atoms with van der Waals surface area (Å²) in [5.41, 5.74) is 3.96. The zero-order valence-electron chi connectivity index (χ0n) is 13.1. The minimum atomic E-state index is -0.0784. The Balaban J connectivity index is 1.90. The number of rotatable bonds is 3. The maximum atomic E-state index is 6.24. The third kappa shape index (κ3) is 2.70. The van der Waals surface area contributed by atoms with Gasteiger partial charge in [-0.3, -0.25) is 0 Å². The molecular weight excluding hydrogens is 318 g/mol. The molecule has 0 spiro atoms. The fourth-order valence-electron chi connectivity index (χ4n) is 3.00. The van der Waals surface area contributed by atoms with Crippen LogP contribution in [0.25, 0.3) is 22.7 Å². The Morgan fingerprint density at radius 2 is 1.96 bits per heavy atom. The van der Waals surface area contributed by atoms with Gasteiger partial charge in [0, 0.05) is 34.0 Å². The van der Waals surface area contributed by atoms with Crippen molar-refractivity contribution in [1.82, 2.24) is 4.98 Å². The van der Waals surface area contributed by atoms with E-state index in [0.717, 1.165) is 39.9 Å². The standard InChI is InChI=1S/C21H16ClNO/c1-2-6-20-17-11-15-9-10-16(22)12-18(15)23-19(17)13-21(24-20)14-7-4-3-5-8-14/h2-5,7-13,20H,1,6H2. The number of ether oxygens (including phenoxy) is 1. The molecule has 1 aliphatic rings. The summed E-state index contributed by atoms with van der Waals surface area (Å²) in [5.74, 6) is 0.837. The van der Waals surface area contributed by atoms with Crippen LogP contribution in [0.2, 0.25) is 5.02 Å². The van der Waals surface area contributed by atoms with Crippen LogP contribution in [0.4, 0.5) is 0 Å². The van der Waals surface area contributed by atoms with Gasteiger partial charge in [-0.2, -0.15) is 0 Å². The van der Waals surface area contributed by atoms with E-state index in [0.29, 0.717) is 5.02 Å². The number of hydrogen-bond acceptors (Lipinski definition) is 2. The summed E-state index contributed by atoms with van der Waals surface area (Å²) in [7, 11) is 0. The molecule has 1 unspecified atom stereocenters. The van der Waals surface area contributed by atoms with E-state index in [1.54, 1.807) is 0 Å². The molecule has 0 radical (unpaired) electrons. The van der Waals surface area contributed by atoms with Gasteiger partial charge >= 0.3 is 0 Å². The highest BCUT2D eigenvalue weighted by molar-refractivity contribution is 6.31. The van der Waals surface area contributed by atoms with E-state index >= 15 is 0 Å². The fourth-order valence-corrected chi connectivity index (χ4v) is 3.17. The molecule has 3 aromatic rings. The molecule has 24 heavy (non-hydrogen) atoms. The van der Waals surface area contributed by atoms with Crippen molar-refractivity contribution in [2.24, 2.45) is 0 Å². The average Bonchev–Trinajstić information content (AvgIpc) is 2.61. The monoisotopic (exact) mass is 333 g/mol. The summed E-state index contributed by atoms with van der Waals surface area (Å²) < 4.78 is 6.24. The van der Waals surface area contributed by atoms with Gasteiger partial charge in [-0.25, -0.2) is 4.98 Å². The number of aromatic nitrogens is 1. The number of halogens is 1. The first-order valence-electron chi connectivity index (χ1n) is 7.89. The number of nitrogens with zero attached hydrogens (tertiary/aromatic N) is 1. The Kier molecular flexibility index (Phi) is 3.83. The zero-order valence-corrected chi connectivity index (χ0v) is 13.8. The topological polar surface area (TPSA) is 22.1 Å². The largest absolute Gasteiger partial charge is 0.485 e. The van der Waals surface area contributed by atoms with Gasteiger partial charge < -0.3 is 4.74 Å². The Morgan fingerprint density at radius 3 is 2.75 bits per heavy atom. The number of hydrogen-bond donors (Lipinski definition) is 0. The first-order chi connectivity index (χ1) is 11.7. The van der Waals surface area contributed by atoms with Crippen molar-refractivity contribution < 1.29 is 4.74 Å². The summed E-state index contributed by atoms with van der Waals surface area (Å²) in [5, 5.41) is 1.75. The van der Waals surface area contributed by atoms with Crippen LogP contribution in [-0.2, 0) is 4.74 Å². The van der Waals surface area contributed by atoms with Crippen LogP contribution < -0.4 is 0 Å². The SMILES string of the molecule is C=CCC1OC(c2ccccc2)=Cc2nc3cc(Cl)ccc3cc21. The van der Waals surface area contributed by atoms with Crippen LogP contribution in [0.5, 0.6) is 0 Å². The lowest BCUT2D eigenvalue weighted by Crippen LogP contribution is -2.11. The van der Waals surface area contributed by atoms with E-state index in [9.17, 15) is 0 Å². The Labute approximate surface area is 146 Å². The van der Waals surface area contributed by atoms with Crippen molar-refractivity contribution in [2.75, 3.05) is 0 Å². The molecule has 4 rings (SSSR count).